The van der Waals surface area contributed by atoms with E-state index in [-0.39, 0.29) is 16.3 Å². The molecule has 0 radical (unpaired) electrons. The molecular formula is C19H16N4O3S. The number of nitrogens with zero attached hydrogens (tertiary/aromatic N) is 3. The summed E-state index contributed by atoms with van der Waals surface area (Å²) >= 11 is 4.46. The zero-order valence-corrected chi connectivity index (χ0v) is 15.3. The SMILES string of the molecule is CCc1ccccc1N1C(S)=C(C#N)C(=O)N[C@@H]1c1ccc([N+](=O)[O-])cc1. The van der Waals surface area contributed by atoms with Crippen LogP contribution in [-0.2, 0) is 11.2 Å². The van der Waals surface area contributed by atoms with Crippen LogP contribution in [0.25, 0.3) is 0 Å². The van der Waals surface area contributed by atoms with Gasteiger partial charge < -0.3 is 10.2 Å². The van der Waals surface area contributed by atoms with Gasteiger partial charge in [-0.25, -0.2) is 0 Å². The first-order valence-electron chi connectivity index (χ1n) is 8.23. The third kappa shape index (κ3) is 3.37. The number of aryl methyl sites for hydroxylation is 1. The summed E-state index contributed by atoms with van der Waals surface area (Å²) in [5.74, 6) is -0.531. The second-order valence-corrected chi connectivity index (χ2v) is 6.31. The molecule has 136 valence electrons. The van der Waals surface area contributed by atoms with Crippen molar-refractivity contribution < 1.29 is 9.72 Å². The van der Waals surface area contributed by atoms with Crippen LogP contribution in [0.15, 0.2) is 59.1 Å². The van der Waals surface area contributed by atoms with E-state index in [1.165, 1.54) is 12.1 Å². The van der Waals surface area contributed by atoms with E-state index in [4.69, 9.17) is 0 Å². The van der Waals surface area contributed by atoms with E-state index in [0.717, 1.165) is 17.7 Å². The van der Waals surface area contributed by atoms with Crippen molar-refractivity contribution in [3.8, 4) is 6.07 Å². The Morgan fingerprint density at radius 3 is 2.52 bits per heavy atom. The van der Waals surface area contributed by atoms with Crippen molar-refractivity contribution in [2.45, 2.75) is 19.5 Å². The standard InChI is InChI=1S/C19H16N4O3S/c1-2-12-5-3-4-6-16(12)22-17(21-18(24)15(11-20)19(22)27)13-7-9-14(10-8-13)23(25)26/h3-10,17,27H,2H2,1H3,(H,21,24)/t17-/m0/s1. The molecule has 27 heavy (non-hydrogen) atoms. The smallest absolute Gasteiger partial charge is 0.269 e. The number of hydrogen-bond donors (Lipinski definition) is 2. The van der Waals surface area contributed by atoms with Crippen molar-refractivity contribution >= 4 is 29.9 Å². The minimum atomic E-state index is -0.643. The van der Waals surface area contributed by atoms with Gasteiger partial charge in [0, 0.05) is 17.8 Å². The number of anilines is 1. The van der Waals surface area contributed by atoms with Gasteiger partial charge in [0.05, 0.1) is 9.95 Å². The van der Waals surface area contributed by atoms with Crippen LogP contribution in [0, 0.1) is 21.4 Å². The second kappa shape index (κ2) is 7.51. The first-order valence-corrected chi connectivity index (χ1v) is 8.68. The quantitative estimate of drug-likeness (QED) is 0.481. The lowest BCUT2D eigenvalue weighted by Crippen LogP contribution is -2.46. The highest BCUT2D eigenvalue weighted by Crippen LogP contribution is 2.37. The zero-order valence-electron chi connectivity index (χ0n) is 14.4. The molecule has 1 aliphatic rings. The fourth-order valence-electron chi connectivity index (χ4n) is 3.01. The molecule has 1 aliphatic heterocycles. The van der Waals surface area contributed by atoms with Gasteiger partial charge in [-0.2, -0.15) is 5.26 Å². The molecule has 0 fully saturated rings. The molecule has 0 saturated carbocycles. The number of carbonyl (C=O) groups excluding carboxylic acids is 1. The fourth-order valence-corrected chi connectivity index (χ4v) is 3.39. The molecule has 8 heteroatoms. The first kappa shape index (κ1) is 18.5. The predicted octanol–water partition coefficient (Wildman–Crippen LogP) is 3.46. The number of para-hydroxylation sites is 1. The van der Waals surface area contributed by atoms with Crippen LogP contribution in [0.4, 0.5) is 11.4 Å². The summed E-state index contributed by atoms with van der Waals surface area (Å²) in [5, 5.41) is 23.3. The average Bonchev–Trinajstić information content (AvgIpc) is 2.68. The van der Waals surface area contributed by atoms with E-state index in [2.05, 4.69) is 17.9 Å². The Morgan fingerprint density at radius 2 is 1.93 bits per heavy atom. The van der Waals surface area contributed by atoms with E-state index < -0.39 is 17.0 Å². The zero-order chi connectivity index (χ0) is 19.6. The predicted molar refractivity (Wildman–Crippen MR) is 104 cm³/mol. The lowest BCUT2D eigenvalue weighted by Gasteiger charge is -2.38. The van der Waals surface area contributed by atoms with Gasteiger partial charge in [0.2, 0.25) is 0 Å². The number of hydrogen-bond acceptors (Lipinski definition) is 6. The molecule has 0 saturated heterocycles. The van der Waals surface area contributed by atoms with E-state index in [0.29, 0.717) is 5.56 Å². The molecule has 0 spiro atoms. The number of benzene rings is 2. The van der Waals surface area contributed by atoms with Crippen molar-refractivity contribution in [1.29, 1.82) is 5.26 Å². The summed E-state index contributed by atoms with van der Waals surface area (Å²) in [6, 6.07) is 15.5. The Morgan fingerprint density at radius 1 is 1.26 bits per heavy atom. The van der Waals surface area contributed by atoms with Crippen LogP contribution < -0.4 is 10.2 Å². The third-order valence-corrected chi connectivity index (χ3v) is 4.81. The van der Waals surface area contributed by atoms with E-state index in [1.807, 2.05) is 37.3 Å². The van der Waals surface area contributed by atoms with E-state index in [9.17, 15) is 20.2 Å². The van der Waals surface area contributed by atoms with Gasteiger partial charge in [-0.3, -0.25) is 14.9 Å². The maximum Gasteiger partial charge on any atom is 0.269 e. The maximum absolute atomic E-state index is 12.4. The summed E-state index contributed by atoms with van der Waals surface area (Å²) in [7, 11) is 0. The number of nitriles is 1. The second-order valence-electron chi connectivity index (χ2n) is 5.89. The van der Waals surface area contributed by atoms with E-state index in [1.54, 1.807) is 17.0 Å². The third-order valence-electron chi connectivity index (χ3n) is 4.37. The van der Waals surface area contributed by atoms with Crippen molar-refractivity contribution in [3.05, 3.63) is 80.4 Å². The molecule has 1 atom stereocenters. The van der Waals surface area contributed by atoms with Crippen LogP contribution in [0.3, 0.4) is 0 Å². The molecule has 0 aliphatic carbocycles. The van der Waals surface area contributed by atoms with Gasteiger partial charge in [-0.1, -0.05) is 25.1 Å². The first-order chi connectivity index (χ1) is 13.0. The number of nitrogens with one attached hydrogen (secondary N) is 1. The van der Waals surface area contributed by atoms with Crippen LogP contribution in [0.1, 0.15) is 24.2 Å². The van der Waals surface area contributed by atoms with Gasteiger partial charge in [0.25, 0.3) is 11.6 Å². The highest BCUT2D eigenvalue weighted by Gasteiger charge is 2.34. The minimum absolute atomic E-state index is 0.0410. The number of nitro benzene ring substituents is 1. The van der Waals surface area contributed by atoms with Gasteiger partial charge >= 0.3 is 0 Å². The number of amides is 1. The summed E-state index contributed by atoms with van der Waals surface area (Å²) in [4.78, 5) is 24.6. The molecule has 3 rings (SSSR count). The van der Waals surface area contributed by atoms with Crippen molar-refractivity contribution in [3.63, 3.8) is 0 Å². The van der Waals surface area contributed by atoms with Gasteiger partial charge in [-0.15, -0.1) is 12.6 Å². The van der Waals surface area contributed by atoms with Crippen LogP contribution in [0.5, 0.6) is 0 Å². The van der Waals surface area contributed by atoms with Crippen LogP contribution in [-0.4, -0.2) is 10.8 Å². The summed E-state index contributed by atoms with van der Waals surface area (Å²) in [6.45, 7) is 2.01. The lowest BCUT2D eigenvalue weighted by atomic mass is 10.0. The molecule has 2 aromatic rings. The number of thiol groups is 1. The Kier molecular flexibility index (Phi) is 5.14. The minimum Gasteiger partial charge on any atom is -0.327 e. The Hall–Kier alpha value is -3.31. The molecule has 0 aromatic heterocycles. The van der Waals surface area contributed by atoms with Crippen LogP contribution in [0.2, 0.25) is 0 Å². The Balaban J connectivity index is 2.16. The Bertz CT molecular complexity index is 979. The van der Waals surface area contributed by atoms with Crippen molar-refractivity contribution in [1.82, 2.24) is 5.32 Å². The van der Waals surface area contributed by atoms with Crippen molar-refractivity contribution in [2.75, 3.05) is 4.90 Å². The number of non-ortho nitro benzene ring substituents is 1. The maximum atomic E-state index is 12.4. The Labute approximate surface area is 161 Å². The largest absolute Gasteiger partial charge is 0.327 e. The topological polar surface area (TPSA) is 99.3 Å². The van der Waals surface area contributed by atoms with Crippen molar-refractivity contribution in [2.24, 2.45) is 0 Å². The molecule has 7 nitrogen and oxygen atoms in total. The normalized spacial score (nSPS) is 16.7. The summed E-state index contributed by atoms with van der Waals surface area (Å²) in [6.07, 6.45) is 0.104. The van der Waals surface area contributed by atoms with Gasteiger partial charge in [-0.05, 0) is 35.7 Å². The molecule has 2 aromatic carbocycles. The summed E-state index contributed by atoms with van der Waals surface area (Å²) < 4.78 is 0. The van der Waals surface area contributed by atoms with Gasteiger partial charge in [0.15, 0.2) is 0 Å². The molecule has 0 bridgehead atoms. The molecule has 1 heterocycles. The molecule has 0 unspecified atom stereocenters. The fraction of sp³-hybridized carbons (Fsp3) is 0.158. The number of rotatable bonds is 4. The highest BCUT2D eigenvalue weighted by molar-refractivity contribution is 7.84. The number of nitro groups is 1. The summed E-state index contributed by atoms with van der Waals surface area (Å²) in [5.41, 5.74) is 2.34. The van der Waals surface area contributed by atoms with Gasteiger partial charge in [0.1, 0.15) is 17.8 Å². The average molecular weight is 380 g/mol. The highest BCUT2D eigenvalue weighted by atomic mass is 32.1. The molecular weight excluding hydrogens is 364 g/mol. The van der Waals surface area contributed by atoms with E-state index >= 15 is 0 Å². The molecule has 1 amide bonds. The molecule has 1 N–H and O–H groups in total. The number of carbonyl (C=O) groups is 1. The monoisotopic (exact) mass is 380 g/mol. The lowest BCUT2D eigenvalue weighted by molar-refractivity contribution is -0.384. The van der Waals surface area contributed by atoms with Crippen LogP contribution >= 0.6 is 12.6 Å².